The zero-order valence-corrected chi connectivity index (χ0v) is 13.4. The second-order valence-corrected chi connectivity index (χ2v) is 5.85. The van der Waals surface area contributed by atoms with Gasteiger partial charge in [-0.05, 0) is 36.2 Å². The Hall–Kier alpha value is -1.73. The SMILES string of the molecule is NC(O)(O)c1ccc(CCNC(=O)c2ccc(Br)cc2)cc1. The molecule has 22 heavy (non-hydrogen) atoms. The van der Waals surface area contributed by atoms with E-state index < -0.39 is 5.91 Å². The molecule has 0 atom stereocenters. The lowest BCUT2D eigenvalue weighted by molar-refractivity contribution is -0.163. The summed E-state index contributed by atoms with van der Waals surface area (Å²) in [4.78, 5) is 11.9. The van der Waals surface area contributed by atoms with Crippen molar-refractivity contribution in [2.75, 3.05) is 6.54 Å². The van der Waals surface area contributed by atoms with E-state index in [4.69, 9.17) is 5.73 Å². The predicted octanol–water partition coefficient (Wildman–Crippen LogP) is 1.48. The molecule has 0 unspecified atom stereocenters. The molecule has 0 aromatic heterocycles. The van der Waals surface area contributed by atoms with E-state index in [1.54, 1.807) is 36.4 Å². The zero-order chi connectivity index (χ0) is 16.2. The average molecular weight is 365 g/mol. The smallest absolute Gasteiger partial charge is 0.251 e. The molecule has 5 nitrogen and oxygen atoms in total. The number of rotatable bonds is 5. The lowest BCUT2D eigenvalue weighted by atomic mass is 10.1. The maximum absolute atomic E-state index is 11.9. The van der Waals surface area contributed by atoms with E-state index in [2.05, 4.69) is 21.2 Å². The Morgan fingerprint density at radius 1 is 1.09 bits per heavy atom. The first-order chi connectivity index (χ1) is 10.4. The van der Waals surface area contributed by atoms with Crippen LogP contribution in [0.5, 0.6) is 0 Å². The molecule has 2 aromatic carbocycles. The van der Waals surface area contributed by atoms with Crippen molar-refractivity contribution in [3.8, 4) is 0 Å². The molecular weight excluding hydrogens is 348 g/mol. The van der Waals surface area contributed by atoms with Gasteiger partial charge in [-0.25, -0.2) is 0 Å². The second-order valence-electron chi connectivity index (χ2n) is 4.94. The van der Waals surface area contributed by atoms with Crippen molar-refractivity contribution in [2.24, 2.45) is 5.73 Å². The highest BCUT2D eigenvalue weighted by Gasteiger charge is 2.18. The minimum atomic E-state index is -2.33. The third-order valence-electron chi connectivity index (χ3n) is 3.18. The van der Waals surface area contributed by atoms with Crippen LogP contribution in [0.1, 0.15) is 21.5 Å². The highest BCUT2D eigenvalue weighted by Crippen LogP contribution is 2.13. The normalized spacial score (nSPS) is 11.3. The van der Waals surface area contributed by atoms with Crippen LogP contribution < -0.4 is 11.1 Å². The van der Waals surface area contributed by atoms with E-state index >= 15 is 0 Å². The molecule has 0 aliphatic carbocycles. The summed E-state index contributed by atoms with van der Waals surface area (Å²) < 4.78 is 0.924. The van der Waals surface area contributed by atoms with Gasteiger partial charge < -0.3 is 15.5 Å². The molecule has 0 aliphatic rings. The van der Waals surface area contributed by atoms with Crippen molar-refractivity contribution in [3.05, 3.63) is 69.7 Å². The van der Waals surface area contributed by atoms with Crippen molar-refractivity contribution in [2.45, 2.75) is 12.3 Å². The van der Waals surface area contributed by atoms with E-state index in [0.717, 1.165) is 10.0 Å². The number of aliphatic hydroxyl groups is 2. The summed E-state index contributed by atoms with van der Waals surface area (Å²) in [6.45, 7) is 0.486. The standard InChI is InChI=1S/C16H17BrN2O3/c17-14-7-3-12(4-8-14)15(20)19-10-9-11-1-5-13(6-2-11)16(18,21)22/h1-8,21-22H,9-10,18H2,(H,19,20). The van der Waals surface area contributed by atoms with Crippen molar-refractivity contribution < 1.29 is 15.0 Å². The number of nitrogens with one attached hydrogen (secondary N) is 1. The van der Waals surface area contributed by atoms with Crippen LogP contribution in [0.25, 0.3) is 0 Å². The fraction of sp³-hybridized carbons (Fsp3) is 0.188. The first-order valence-corrected chi connectivity index (χ1v) is 7.52. The van der Waals surface area contributed by atoms with Crippen molar-refractivity contribution >= 4 is 21.8 Å². The first-order valence-electron chi connectivity index (χ1n) is 6.73. The molecule has 0 saturated heterocycles. The van der Waals surface area contributed by atoms with Gasteiger partial charge in [0.15, 0.2) is 0 Å². The monoisotopic (exact) mass is 364 g/mol. The van der Waals surface area contributed by atoms with Gasteiger partial charge in [0, 0.05) is 22.1 Å². The van der Waals surface area contributed by atoms with Gasteiger partial charge in [-0.2, -0.15) is 0 Å². The first kappa shape index (κ1) is 16.6. The lowest BCUT2D eigenvalue weighted by Gasteiger charge is -2.16. The molecule has 0 bridgehead atoms. The number of hydrogen-bond acceptors (Lipinski definition) is 4. The Morgan fingerprint density at radius 2 is 1.68 bits per heavy atom. The average Bonchev–Trinajstić information content (AvgIpc) is 2.47. The van der Waals surface area contributed by atoms with Crippen LogP contribution in [0.2, 0.25) is 0 Å². The number of halogens is 1. The van der Waals surface area contributed by atoms with Crippen molar-refractivity contribution in [1.82, 2.24) is 5.32 Å². The molecule has 5 N–H and O–H groups in total. The fourth-order valence-electron chi connectivity index (χ4n) is 1.94. The molecule has 0 aliphatic heterocycles. The minimum Gasteiger partial charge on any atom is -0.352 e. The third-order valence-corrected chi connectivity index (χ3v) is 3.71. The quantitative estimate of drug-likeness (QED) is 0.604. The van der Waals surface area contributed by atoms with Gasteiger partial charge in [0.25, 0.3) is 5.91 Å². The molecule has 1 amide bonds. The van der Waals surface area contributed by atoms with Crippen LogP contribution in [0.4, 0.5) is 0 Å². The van der Waals surface area contributed by atoms with Crippen molar-refractivity contribution in [1.29, 1.82) is 0 Å². The predicted molar refractivity (Wildman–Crippen MR) is 86.9 cm³/mol. The summed E-state index contributed by atoms with van der Waals surface area (Å²) in [5.74, 6) is -2.45. The maximum atomic E-state index is 11.9. The van der Waals surface area contributed by atoms with Gasteiger partial charge in [0.1, 0.15) is 0 Å². The summed E-state index contributed by atoms with van der Waals surface area (Å²) in [6.07, 6.45) is 0.636. The Morgan fingerprint density at radius 3 is 2.23 bits per heavy atom. The highest BCUT2D eigenvalue weighted by atomic mass is 79.9. The minimum absolute atomic E-state index is 0.129. The van der Waals surface area contributed by atoms with E-state index in [-0.39, 0.29) is 11.5 Å². The molecular formula is C16H17BrN2O3. The van der Waals surface area contributed by atoms with Gasteiger partial charge in [-0.15, -0.1) is 0 Å². The van der Waals surface area contributed by atoms with E-state index in [1.807, 2.05) is 12.1 Å². The molecule has 2 aromatic rings. The molecule has 2 rings (SSSR count). The summed E-state index contributed by atoms with van der Waals surface area (Å²) in [5.41, 5.74) is 6.96. The topological polar surface area (TPSA) is 95.6 Å². The van der Waals surface area contributed by atoms with Gasteiger partial charge in [-0.3, -0.25) is 10.5 Å². The Balaban J connectivity index is 1.86. The van der Waals surface area contributed by atoms with Gasteiger partial charge >= 0.3 is 0 Å². The molecule has 0 heterocycles. The van der Waals surface area contributed by atoms with E-state index in [0.29, 0.717) is 18.5 Å². The molecule has 0 radical (unpaired) electrons. The van der Waals surface area contributed by atoms with Crippen LogP contribution in [-0.2, 0) is 12.3 Å². The van der Waals surface area contributed by atoms with Crippen LogP contribution in [0.3, 0.4) is 0 Å². The van der Waals surface area contributed by atoms with E-state index in [9.17, 15) is 15.0 Å². The fourth-order valence-corrected chi connectivity index (χ4v) is 2.20. The summed E-state index contributed by atoms with van der Waals surface area (Å²) >= 11 is 3.32. The molecule has 0 fully saturated rings. The number of benzene rings is 2. The lowest BCUT2D eigenvalue weighted by Crippen LogP contribution is -2.35. The Labute approximate surface area is 136 Å². The number of carbonyl (C=O) groups excluding carboxylic acids is 1. The Kier molecular flexibility index (Phi) is 5.31. The number of nitrogens with two attached hydrogens (primary N) is 1. The summed E-state index contributed by atoms with van der Waals surface area (Å²) in [5, 5.41) is 21.3. The molecule has 0 spiro atoms. The van der Waals surface area contributed by atoms with Crippen LogP contribution in [0, 0.1) is 0 Å². The maximum Gasteiger partial charge on any atom is 0.251 e. The van der Waals surface area contributed by atoms with Gasteiger partial charge in [-0.1, -0.05) is 40.2 Å². The number of hydrogen-bond donors (Lipinski definition) is 4. The summed E-state index contributed by atoms with van der Waals surface area (Å²) in [6, 6.07) is 13.7. The van der Waals surface area contributed by atoms with Crippen LogP contribution in [0.15, 0.2) is 53.0 Å². The Bertz CT molecular complexity index is 634. The van der Waals surface area contributed by atoms with Gasteiger partial charge in [0.2, 0.25) is 5.91 Å². The van der Waals surface area contributed by atoms with Gasteiger partial charge in [0.05, 0.1) is 0 Å². The van der Waals surface area contributed by atoms with Crippen LogP contribution >= 0.6 is 15.9 Å². The third kappa shape index (κ3) is 4.64. The highest BCUT2D eigenvalue weighted by molar-refractivity contribution is 9.10. The van der Waals surface area contributed by atoms with Crippen molar-refractivity contribution in [3.63, 3.8) is 0 Å². The number of amides is 1. The largest absolute Gasteiger partial charge is 0.352 e. The summed E-state index contributed by atoms with van der Waals surface area (Å²) in [7, 11) is 0. The number of carbonyl (C=O) groups is 1. The van der Waals surface area contributed by atoms with Crippen LogP contribution in [-0.4, -0.2) is 22.7 Å². The molecule has 0 saturated carbocycles. The van der Waals surface area contributed by atoms with E-state index in [1.165, 1.54) is 0 Å². The second kappa shape index (κ2) is 7.02. The molecule has 6 heteroatoms. The zero-order valence-electron chi connectivity index (χ0n) is 11.8. The molecule has 116 valence electrons.